The van der Waals surface area contributed by atoms with E-state index in [1.165, 1.54) is 11.1 Å². The largest absolute Gasteiger partial charge is 0.373 e. The van der Waals surface area contributed by atoms with Crippen LogP contribution in [-0.2, 0) is 4.74 Å². The van der Waals surface area contributed by atoms with E-state index < -0.39 is 0 Å². The van der Waals surface area contributed by atoms with Crippen LogP contribution in [0.5, 0.6) is 0 Å². The Morgan fingerprint density at radius 1 is 1.14 bits per heavy atom. The van der Waals surface area contributed by atoms with Gasteiger partial charge in [0.25, 0.3) is 0 Å². The third kappa shape index (κ3) is 4.85. The minimum absolute atomic E-state index is 0.00635. The van der Waals surface area contributed by atoms with Crippen LogP contribution >= 0.6 is 0 Å². The molecule has 0 aliphatic carbocycles. The predicted molar refractivity (Wildman–Crippen MR) is 112 cm³/mol. The maximum atomic E-state index is 12.7. The lowest BCUT2D eigenvalue weighted by Crippen LogP contribution is -2.53. The van der Waals surface area contributed by atoms with Crippen molar-refractivity contribution in [1.29, 1.82) is 0 Å². The molecule has 2 aliphatic rings. The highest BCUT2D eigenvalue weighted by molar-refractivity contribution is 5.74. The van der Waals surface area contributed by atoms with Crippen molar-refractivity contribution in [3.05, 3.63) is 53.9 Å². The van der Waals surface area contributed by atoms with Crippen LogP contribution < -0.4 is 10.2 Å². The minimum Gasteiger partial charge on any atom is -0.373 e. The number of hydrogen-bond acceptors (Lipinski definition) is 5. The molecule has 0 bridgehead atoms. The molecule has 29 heavy (non-hydrogen) atoms. The first-order chi connectivity index (χ1) is 14.2. The summed E-state index contributed by atoms with van der Waals surface area (Å²) in [7, 11) is 0. The molecule has 2 aliphatic heterocycles. The zero-order valence-corrected chi connectivity index (χ0v) is 17.0. The molecule has 2 saturated heterocycles. The Balaban J connectivity index is 1.29. The number of urea groups is 1. The molecular formula is C22H29N5O2. The second-order valence-electron chi connectivity index (χ2n) is 7.81. The molecular weight excluding hydrogens is 366 g/mol. The van der Waals surface area contributed by atoms with E-state index in [9.17, 15) is 4.79 Å². The molecule has 2 amide bonds. The van der Waals surface area contributed by atoms with Crippen LogP contribution in [0.1, 0.15) is 30.1 Å². The van der Waals surface area contributed by atoms with Crippen molar-refractivity contribution in [3.8, 4) is 0 Å². The Hall–Kier alpha value is -2.67. The van der Waals surface area contributed by atoms with Crippen molar-refractivity contribution in [1.82, 2.24) is 20.2 Å². The standard InChI is InChI=1S/C22H29N5O2/c1-17-5-7-18(8-6-17)20-19(4-2-15-29-20)16-25-22(28)27-13-11-26(12-14-27)21-23-9-3-10-24-21/h3,5-10,19-20H,2,4,11-16H2,1H3,(H,25,28). The molecule has 0 saturated carbocycles. The van der Waals surface area contributed by atoms with E-state index in [1.54, 1.807) is 12.4 Å². The number of amides is 2. The molecule has 2 atom stereocenters. The number of piperazine rings is 1. The van der Waals surface area contributed by atoms with Crippen molar-refractivity contribution in [2.24, 2.45) is 5.92 Å². The molecule has 0 radical (unpaired) electrons. The topological polar surface area (TPSA) is 70.6 Å². The Morgan fingerprint density at radius 3 is 2.59 bits per heavy atom. The molecule has 154 valence electrons. The fourth-order valence-electron chi connectivity index (χ4n) is 4.07. The minimum atomic E-state index is 0.00635. The maximum Gasteiger partial charge on any atom is 0.317 e. The van der Waals surface area contributed by atoms with Gasteiger partial charge in [-0.05, 0) is 31.4 Å². The first-order valence-corrected chi connectivity index (χ1v) is 10.4. The summed E-state index contributed by atoms with van der Waals surface area (Å²) in [6.45, 7) is 6.35. The Morgan fingerprint density at radius 2 is 1.86 bits per heavy atom. The molecule has 3 heterocycles. The molecule has 7 heteroatoms. The molecule has 2 aromatic rings. The number of hydrogen-bond donors (Lipinski definition) is 1. The van der Waals surface area contributed by atoms with Gasteiger partial charge in [0.05, 0.1) is 6.10 Å². The number of nitrogens with zero attached hydrogens (tertiary/aromatic N) is 4. The Labute approximate surface area is 172 Å². The average molecular weight is 396 g/mol. The van der Waals surface area contributed by atoms with Gasteiger partial charge in [0.2, 0.25) is 5.95 Å². The Kier molecular flexibility index (Phi) is 6.24. The Bertz CT molecular complexity index is 791. The van der Waals surface area contributed by atoms with Crippen molar-refractivity contribution in [2.75, 3.05) is 44.2 Å². The lowest BCUT2D eigenvalue weighted by molar-refractivity contribution is -0.0271. The smallest absolute Gasteiger partial charge is 0.317 e. The molecule has 1 aromatic carbocycles. The van der Waals surface area contributed by atoms with Gasteiger partial charge < -0.3 is 19.9 Å². The monoisotopic (exact) mass is 395 g/mol. The second-order valence-corrected chi connectivity index (χ2v) is 7.81. The van der Waals surface area contributed by atoms with Crippen LogP contribution in [0.15, 0.2) is 42.7 Å². The third-order valence-electron chi connectivity index (χ3n) is 5.77. The molecule has 7 nitrogen and oxygen atoms in total. The van der Waals surface area contributed by atoms with Crippen LogP contribution in [0.3, 0.4) is 0 Å². The lowest BCUT2D eigenvalue weighted by Gasteiger charge is -2.36. The van der Waals surface area contributed by atoms with E-state index in [-0.39, 0.29) is 12.1 Å². The maximum absolute atomic E-state index is 12.7. The van der Waals surface area contributed by atoms with E-state index in [4.69, 9.17) is 4.74 Å². The van der Waals surface area contributed by atoms with Gasteiger partial charge in [0.15, 0.2) is 0 Å². The number of ether oxygens (including phenoxy) is 1. The van der Waals surface area contributed by atoms with E-state index in [0.717, 1.165) is 38.5 Å². The van der Waals surface area contributed by atoms with Crippen LogP contribution in [0.2, 0.25) is 0 Å². The number of carbonyl (C=O) groups excluding carboxylic acids is 1. The first-order valence-electron chi connectivity index (χ1n) is 10.4. The lowest BCUT2D eigenvalue weighted by atomic mass is 9.89. The van der Waals surface area contributed by atoms with E-state index in [1.807, 2.05) is 11.0 Å². The van der Waals surface area contributed by atoms with Gasteiger partial charge in [-0.2, -0.15) is 0 Å². The van der Waals surface area contributed by atoms with Crippen molar-refractivity contribution in [2.45, 2.75) is 25.9 Å². The van der Waals surface area contributed by atoms with Gasteiger partial charge in [0, 0.05) is 57.6 Å². The summed E-state index contributed by atoms with van der Waals surface area (Å²) < 4.78 is 6.07. The van der Waals surface area contributed by atoms with E-state index in [2.05, 4.69) is 51.4 Å². The summed E-state index contributed by atoms with van der Waals surface area (Å²) in [5.41, 5.74) is 2.44. The zero-order valence-electron chi connectivity index (χ0n) is 17.0. The fourth-order valence-corrected chi connectivity index (χ4v) is 4.07. The number of aryl methyl sites for hydroxylation is 1. The van der Waals surface area contributed by atoms with Crippen molar-refractivity contribution < 1.29 is 9.53 Å². The highest BCUT2D eigenvalue weighted by atomic mass is 16.5. The number of aromatic nitrogens is 2. The summed E-state index contributed by atoms with van der Waals surface area (Å²) >= 11 is 0. The number of nitrogens with one attached hydrogen (secondary N) is 1. The molecule has 4 rings (SSSR count). The molecule has 1 aromatic heterocycles. The van der Waals surface area contributed by atoms with Crippen LogP contribution in [0, 0.1) is 12.8 Å². The molecule has 2 unspecified atom stereocenters. The summed E-state index contributed by atoms with van der Waals surface area (Å²) in [6.07, 6.45) is 5.66. The highest BCUT2D eigenvalue weighted by Crippen LogP contribution is 2.33. The first kappa shape index (κ1) is 19.6. The van der Waals surface area contributed by atoms with E-state index in [0.29, 0.717) is 25.6 Å². The predicted octanol–water partition coefficient (Wildman–Crippen LogP) is 2.78. The molecule has 1 N–H and O–H groups in total. The van der Waals surface area contributed by atoms with Crippen LogP contribution in [0.4, 0.5) is 10.7 Å². The number of carbonyl (C=O) groups is 1. The van der Waals surface area contributed by atoms with Gasteiger partial charge in [-0.25, -0.2) is 14.8 Å². The number of rotatable bonds is 4. The summed E-state index contributed by atoms with van der Waals surface area (Å²) in [6, 6.07) is 10.4. The van der Waals surface area contributed by atoms with Crippen LogP contribution in [-0.4, -0.2) is 60.2 Å². The van der Waals surface area contributed by atoms with Crippen molar-refractivity contribution in [3.63, 3.8) is 0 Å². The van der Waals surface area contributed by atoms with Gasteiger partial charge in [-0.15, -0.1) is 0 Å². The zero-order chi connectivity index (χ0) is 20.1. The molecule has 0 spiro atoms. The highest BCUT2D eigenvalue weighted by Gasteiger charge is 2.29. The average Bonchev–Trinajstić information content (AvgIpc) is 2.79. The van der Waals surface area contributed by atoms with Gasteiger partial charge in [-0.3, -0.25) is 0 Å². The van der Waals surface area contributed by atoms with Crippen molar-refractivity contribution >= 4 is 12.0 Å². The normalized spacial score (nSPS) is 22.4. The fraction of sp³-hybridized carbons (Fsp3) is 0.500. The van der Waals surface area contributed by atoms with Crippen LogP contribution in [0.25, 0.3) is 0 Å². The number of benzene rings is 1. The quantitative estimate of drug-likeness (QED) is 0.862. The summed E-state index contributed by atoms with van der Waals surface area (Å²) in [5.74, 6) is 1.03. The van der Waals surface area contributed by atoms with E-state index >= 15 is 0 Å². The third-order valence-corrected chi connectivity index (χ3v) is 5.77. The SMILES string of the molecule is Cc1ccc(C2OCCCC2CNC(=O)N2CCN(c3ncccn3)CC2)cc1. The van der Waals surface area contributed by atoms with Gasteiger partial charge in [-0.1, -0.05) is 29.8 Å². The summed E-state index contributed by atoms with van der Waals surface area (Å²) in [5, 5.41) is 3.15. The summed E-state index contributed by atoms with van der Waals surface area (Å²) in [4.78, 5) is 25.3. The number of anilines is 1. The van der Waals surface area contributed by atoms with Gasteiger partial charge in [0.1, 0.15) is 0 Å². The molecule has 2 fully saturated rings. The van der Waals surface area contributed by atoms with Gasteiger partial charge >= 0.3 is 6.03 Å². The second kappa shape index (κ2) is 9.22.